The summed E-state index contributed by atoms with van der Waals surface area (Å²) in [4.78, 5) is 39.3. The number of ketones is 1. The molecule has 1 unspecified atom stereocenters. The second-order valence-corrected chi connectivity index (χ2v) is 11.8. The molecule has 39 heavy (non-hydrogen) atoms. The van der Waals surface area contributed by atoms with E-state index < -0.39 is 39.7 Å². The maximum atomic E-state index is 13.3. The van der Waals surface area contributed by atoms with Crippen LogP contribution in [0.25, 0.3) is 0 Å². The van der Waals surface area contributed by atoms with E-state index in [0.29, 0.717) is 35.7 Å². The van der Waals surface area contributed by atoms with Crippen LogP contribution in [-0.4, -0.2) is 69.4 Å². The smallest absolute Gasteiger partial charge is 0.252 e. The van der Waals surface area contributed by atoms with Gasteiger partial charge in [-0.3, -0.25) is 14.4 Å². The molecule has 0 saturated carbocycles. The lowest BCUT2D eigenvalue weighted by molar-refractivity contribution is -0.129. The van der Waals surface area contributed by atoms with Crippen molar-refractivity contribution in [3.63, 3.8) is 0 Å². The number of carbonyl (C=O) groups is 3. The number of sulfonamides is 1. The van der Waals surface area contributed by atoms with E-state index in [-0.39, 0.29) is 37.1 Å². The Balaban J connectivity index is 1.42. The van der Waals surface area contributed by atoms with Gasteiger partial charge >= 0.3 is 0 Å². The standard InChI is InChI=1S/C27H33N3O8S/c1-17(2)13-22(29-26(32)18-6-11-24-25(14-18)38-16-37-24)27(33)28-21-5-4-12-30(15-23(21)31)39(34,35)20-9-7-19(36-3)8-10-20/h6-11,14,17,21-22H,4-5,12-13,15-16H2,1-3H3,(H,28,33)(H,29,32)/t21?,22-/m0/s1. The van der Waals surface area contributed by atoms with Gasteiger partial charge in [0.25, 0.3) is 5.91 Å². The van der Waals surface area contributed by atoms with Crippen LogP contribution in [0.4, 0.5) is 0 Å². The molecule has 0 spiro atoms. The Morgan fingerprint density at radius 2 is 1.82 bits per heavy atom. The molecule has 2 aliphatic heterocycles. The molecule has 1 saturated heterocycles. The number of carbonyl (C=O) groups excluding carboxylic acids is 3. The highest BCUT2D eigenvalue weighted by molar-refractivity contribution is 7.89. The molecule has 0 aliphatic carbocycles. The summed E-state index contributed by atoms with van der Waals surface area (Å²) in [7, 11) is -2.42. The molecule has 2 atom stereocenters. The van der Waals surface area contributed by atoms with Crippen LogP contribution in [0.3, 0.4) is 0 Å². The van der Waals surface area contributed by atoms with Gasteiger partial charge in [0.2, 0.25) is 22.7 Å². The van der Waals surface area contributed by atoms with E-state index in [0.717, 1.165) is 4.31 Å². The first kappa shape index (κ1) is 28.4. The number of methoxy groups -OCH3 is 1. The van der Waals surface area contributed by atoms with Crippen LogP contribution < -0.4 is 24.8 Å². The summed E-state index contributed by atoms with van der Waals surface area (Å²) in [5.74, 6) is 0.214. The third-order valence-corrected chi connectivity index (χ3v) is 8.46. The van der Waals surface area contributed by atoms with Crippen molar-refractivity contribution < 1.29 is 37.0 Å². The molecule has 12 heteroatoms. The Bertz CT molecular complexity index is 1330. The zero-order valence-corrected chi connectivity index (χ0v) is 23.0. The Hall–Kier alpha value is -3.64. The molecular formula is C27H33N3O8S. The Labute approximate surface area is 227 Å². The lowest BCUT2D eigenvalue weighted by atomic mass is 10.0. The molecule has 11 nitrogen and oxygen atoms in total. The lowest BCUT2D eigenvalue weighted by Crippen LogP contribution is -2.52. The highest BCUT2D eigenvalue weighted by atomic mass is 32.2. The summed E-state index contributed by atoms with van der Waals surface area (Å²) in [5, 5.41) is 5.52. The molecule has 2 heterocycles. The average Bonchev–Trinajstić information content (AvgIpc) is 3.31. The predicted octanol–water partition coefficient (Wildman–Crippen LogP) is 2.11. The van der Waals surface area contributed by atoms with Gasteiger partial charge in [-0.25, -0.2) is 8.42 Å². The number of rotatable bonds is 9. The van der Waals surface area contributed by atoms with Crippen LogP contribution >= 0.6 is 0 Å². The summed E-state index contributed by atoms with van der Waals surface area (Å²) in [6, 6.07) is 8.96. The molecule has 2 amide bonds. The highest BCUT2D eigenvalue weighted by Gasteiger charge is 2.34. The fourth-order valence-electron chi connectivity index (χ4n) is 4.50. The molecule has 0 aromatic heterocycles. The van der Waals surface area contributed by atoms with E-state index in [1.54, 1.807) is 30.3 Å². The van der Waals surface area contributed by atoms with Crippen molar-refractivity contribution in [1.29, 1.82) is 0 Å². The zero-order valence-electron chi connectivity index (χ0n) is 22.1. The monoisotopic (exact) mass is 559 g/mol. The van der Waals surface area contributed by atoms with E-state index in [1.165, 1.54) is 19.2 Å². The van der Waals surface area contributed by atoms with Gasteiger partial charge < -0.3 is 24.8 Å². The number of hydrogen-bond donors (Lipinski definition) is 2. The van der Waals surface area contributed by atoms with Crippen molar-refractivity contribution in [1.82, 2.24) is 14.9 Å². The molecule has 2 aromatic rings. The lowest BCUT2D eigenvalue weighted by Gasteiger charge is -2.23. The Morgan fingerprint density at radius 1 is 1.10 bits per heavy atom. The topological polar surface area (TPSA) is 140 Å². The number of benzene rings is 2. The summed E-state index contributed by atoms with van der Waals surface area (Å²) >= 11 is 0. The van der Waals surface area contributed by atoms with Gasteiger partial charge in [0, 0.05) is 12.1 Å². The van der Waals surface area contributed by atoms with E-state index in [1.807, 2.05) is 13.8 Å². The normalized spacial score (nSPS) is 18.4. The van der Waals surface area contributed by atoms with Gasteiger partial charge in [0.15, 0.2) is 17.3 Å². The van der Waals surface area contributed by atoms with Crippen molar-refractivity contribution in [2.45, 2.75) is 50.1 Å². The van der Waals surface area contributed by atoms with Crippen molar-refractivity contribution >= 4 is 27.6 Å². The average molecular weight is 560 g/mol. The van der Waals surface area contributed by atoms with Gasteiger partial charge in [0.1, 0.15) is 11.8 Å². The Morgan fingerprint density at radius 3 is 2.51 bits per heavy atom. The van der Waals surface area contributed by atoms with Crippen LogP contribution in [0.15, 0.2) is 47.4 Å². The van der Waals surface area contributed by atoms with E-state index >= 15 is 0 Å². The highest BCUT2D eigenvalue weighted by Crippen LogP contribution is 2.32. The quantitative estimate of drug-likeness (QED) is 0.476. The molecule has 2 aliphatic rings. The number of ether oxygens (including phenoxy) is 3. The van der Waals surface area contributed by atoms with Crippen molar-refractivity contribution in [3.05, 3.63) is 48.0 Å². The van der Waals surface area contributed by atoms with E-state index in [9.17, 15) is 22.8 Å². The second kappa shape index (κ2) is 12.0. The molecule has 0 bridgehead atoms. The SMILES string of the molecule is COc1ccc(S(=O)(=O)N2CCCC(NC(=O)[C@H](CC(C)C)NC(=O)c3ccc4c(c3)OCO4)C(=O)C2)cc1. The Kier molecular flexibility index (Phi) is 8.76. The summed E-state index contributed by atoms with van der Waals surface area (Å²) in [6.07, 6.45) is 1.01. The number of nitrogens with zero attached hydrogens (tertiary/aromatic N) is 1. The van der Waals surface area contributed by atoms with Gasteiger partial charge in [-0.1, -0.05) is 13.8 Å². The number of hydrogen-bond acceptors (Lipinski definition) is 8. The minimum Gasteiger partial charge on any atom is -0.497 e. The number of nitrogens with one attached hydrogen (secondary N) is 2. The maximum absolute atomic E-state index is 13.3. The fraction of sp³-hybridized carbons (Fsp3) is 0.444. The predicted molar refractivity (Wildman–Crippen MR) is 141 cm³/mol. The van der Waals surface area contributed by atoms with Gasteiger partial charge in [-0.2, -0.15) is 4.31 Å². The first-order chi connectivity index (χ1) is 18.6. The largest absolute Gasteiger partial charge is 0.497 e. The van der Waals surface area contributed by atoms with Gasteiger partial charge in [-0.05, 0) is 67.6 Å². The van der Waals surface area contributed by atoms with Crippen LogP contribution in [0.5, 0.6) is 17.2 Å². The van der Waals surface area contributed by atoms with Crippen LogP contribution in [-0.2, 0) is 19.6 Å². The maximum Gasteiger partial charge on any atom is 0.252 e. The van der Waals surface area contributed by atoms with Crippen molar-refractivity contribution in [2.24, 2.45) is 5.92 Å². The third kappa shape index (κ3) is 6.69. The van der Waals surface area contributed by atoms with Crippen molar-refractivity contribution in [3.8, 4) is 17.2 Å². The van der Waals surface area contributed by atoms with E-state index in [2.05, 4.69) is 10.6 Å². The molecule has 2 aromatic carbocycles. The minimum absolute atomic E-state index is 0.0572. The molecular weight excluding hydrogens is 526 g/mol. The zero-order chi connectivity index (χ0) is 28.2. The summed E-state index contributed by atoms with van der Waals surface area (Å²) < 4.78 is 43.1. The third-order valence-electron chi connectivity index (χ3n) is 6.60. The van der Waals surface area contributed by atoms with Gasteiger partial charge in [-0.15, -0.1) is 0 Å². The molecule has 2 N–H and O–H groups in total. The summed E-state index contributed by atoms with van der Waals surface area (Å²) in [6.45, 7) is 3.70. The second-order valence-electron chi connectivity index (χ2n) is 9.91. The molecule has 4 rings (SSSR count). The van der Waals surface area contributed by atoms with Crippen LogP contribution in [0, 0.1) is 5.92 Å². The minimum atomic E-state index is -3.91. The fourth-order valence-corrected chi connectivity index (χ4v) is 5.95. The molecule has 0 radical (unpaired) electrons. The number of Topliss-reactive ketones (excluding diaryl/α,β-unsaturated/α-hetero) is 1. The van der Waals surface area contributed by atoms with Crippen molar-refractivity contribution in [2.75, 3.05) is 27.0 Å². The molecule has 210 valence electrons. The molecule has 1 fully saturated rings. The first-order valence-electron chi connectivity index (χ1n) is 12.8. The first-order valence-corrected chi connectivity index (χ1v) is 14.2. The van der Waals surface area contributed by atoms with Crippen LogP contribution in [0.2, 0.25) is 0 Å². The summed E-state index contributed by atoms with van der Waals surface area (Å²) in [5.41, 5.74) is 0.311. The van der Waals surface area contributed by atoms with E-state index in [4.69, 9.17) is 14.2 Å². The van der Waals surface area contributed by atoms with Gasteiger partial charge in [0.05, 0.1) is 24.6 Å². The number of amides is 2. The number of fused-ring (bicyclic) bond motifs is 1. The van der Waals surface area contributed by atoms with Crippen LogP contribution in [0.1, 0.15) is 43.5 Å².